The number of aromatic hydroxyl groups is 1. The Morgan fingerprint density at radius 3 is 2.19 bits per heavy atom. The number of anilines is 1. The second-order valence-corrected chi connectivity index (χ2v) is 19.2. The van der Waals surface area contributed by atoms with Crippen molar-refractivity contribution in [3.05, 3.63) is 53.6 Å². The van der Waals surface area contributed by atoms with E-state index < -0.39 is 24.2 Å². The second-order valence-electron chi connectivity index (χ2n) is 11.6. The number of rotatable bonds is 9. The van der Waals surface area contributed by atoms with E-state index in [-0.39, 0.29) is 21.8 Å². The number of hydrogen-bond acceptors (Lipinski definition) is 7. The zero-order valence-electron chi connectivity index (χ0n) is 22.8. The van der Waals surface area contributed by atoms with E-state index in [4.69, 9.17) is 14.6 Å². The minimum atomic E-state index is -1.64. The molecule has 196 valence electrons. The molecule has 0 bridgehead atoms. The smallest absolute Gasteiger partial charge is 0.223 e. The van der Waals surface area contributed by atoms with Gasteiger partial charge in [-0.25, -0.2) is 4.98 Å². The van der Waals surface area contributed by atoms with Crippen molar-refractivity contribution in [2.24, 2.45) is 0 Å². The average Bonchev–Trinajstić information content (AvgIpc) is 2.78. The molecule has 9 heteroatoms. The van der Waals surface area contributed by atoms with E-state index in [1.54, 1.807) is 0 Å². The number of nitrogens with zero attached hydrogens (tertiary/aromatic N) is 2. The molecule has 0 aliphatic rings. The number of thioether (sulfide) groups is 1. The van der Waals surface area contributed by atoms with Crippen molar-refractivity contribution in [3.63, 3.8) is 0 Å². The van der Waals surface area contributed by atoms with Crippen molar-refractivity contribution in [3.8, 4) is 5.88 Å². The summed E-state index contributed by atoms with van der Waals surface area (Å²) < 4.78 is 12.9. The molecule has 6 nitrogen and oxygen atoms in total. The summed E-state index contributed by atoms with van der Waals surface area (Å²) in [6.45, 7) is 17.8. The van der Waals surface area contributed by atoms with Crippen LogP contribution in [0.2, 0.25) is 23.2 Å². The van der Waals surface area contributed by atoms with Gasteiger partial charge in [-0.15, -0.1) is 0 Å². The summed E-state index contributed by atoms with van der Waals surface area (Å²) in [7, 11) is -3.14. The van der Waals surface area contributed by atoms with Gasteiger partial charge in [-0.1, -0.05) is 95.8 Å². The zero-order valence-corrected chi connectivity index (χ0v) is 26.0. The van der Waals surface area contributed by atoms with Crippen LogP contribution in [0, 0.1) is 0 Å². The van der Waals surface area contributed by atoms with Gasteiger partial charge in [0.05, 0.1) is 12.2 Å². The Hall–Kier alpha value is -1.92. The molecule has 3 N–H and O–H groups in total. The fourth-order valence-corrected chi connectivity index (χ4v) is 6.29. The molecule has 3 unspecified atom stereocenters. The van der Waals surface area contributed by atoms with Gasteiger partial charge in [0.25, 0.3) is 0 Å². The molecule has 1 aromatic heterocycles. The fourth-order valence-electron chi connectivity index (χ4n) is 3.43. The van der Waals surface area contributed by atoms with Gasteiger partial charge in [0.15, 0.2) is 23.2 Å². The first-order valence-corrected chi connectivity index (χ1v) is 17.9. The maximum Gasteiger partial charge on any atom is 0.223 e. The molecule has 0 aliphatic heterocycles. The molecule has 1 heterocycles. The first kappa shape index (κ1) is 28.7. The SMILES string of the molecule is C[SiH](OCC(O[SiH](C)C(C)(C)C)c1c(N)nc(SCc2ccc3ccccc3c2)nc1O)C(C)(C)C. The van der Waals surface area contributed by atoms with Gasteiger partial charge in [0.2, 0.25) is 5.88 Å². The summed E-state index contributed by atoms with van der Waals surface area (Å²) in [5, 5.41) is 14.0. The molecule has 3 aromatic rings. The van der Waals surface area contributed by atoms with Crippen molar-refractivity contribution < 1.29 is 14.0 Å². The predicted octanol–water partition coefficient (Wildman–Crippen LogP) is 6.59. The first-order chi connectivity index (χ1) is 16.8. The summed E-state index contributed by atoms with van der Waals surface area (Å²) in [5.74, 6) is 0.795. The van der Waals surface area contributed by atoms with E-state index >= 15 is 0 Å². The van der Waals surface area contributed by atoms with Gasteiger partial charge in [0, 0.05) is 5.75 Å². The largest absolute Gasteiger partial charge is 0.493 e. The van der Waals surface area contributed by atoms with E-state index in [2.05, 4.69) is 94.9 Å². The lowest BCUT2D eigenvalue weighted by molar-refractivity contribution is 0.117. The Morgan fingerprint density at radius 2 is 1.58 bits per heavy atom. The predicted molar refractivity (Wildman–Crippen MR) is 157 cm³/mol. The van der Waals surface area contributed by atoms with Crippen LogP contribution in [0.25, 0.3) is 10.8 Å². The zero-order chi connectivity index (χ0) is 26.7. The monoisotopic (exact) mass is 543 g/mol. The Bertz CT molecular complexity index is 1160. The minimum absolute atomic E-state index is 0.0478. The van der Waals surface area contributed by atoms with Crippen molar-refractivity contribution >= 4 is 46.4 Å². The average molecular weight is 544 g/mol. The van der Waals surface area contributed by atoms with E-state index in [1.807, 2.05) is 12.1 Å². The quantitative estimate of drug-likeness (QED) is 0.179. The van der Waals surface area contributed by atoms with Crippen molar-refractivity contribution in [1.82, 2.24) is 9.97 Å². The van der Waals surface area contributed by atoms with Crippen LogP contribution in [0.4, 0.5) is 5.82 Å². The molecule has 0 saturated carbocycles. The van der Waals surface area contributed by atoms with Crippen LogP contribution < -0.4 is 5.73 Å². The molecular formula is C27H41N3O3SSi2. The number of nitrogens with two attached hydrogens (primary N) is 1. The summed E-state index contributed by atoms with van der Waals surface area (Å²) in [5.41, 5.74) is 8.00. The Morgan fingerprint density at radius 1 is 0.944 bits per heavy atom. The highest BCUT2D eigenvalue weighted by atomic mass is 32.2. The number of aromatic nitrogens is 2. The van der Waals surface area contributed by atoms with Gasteiger partial charge in [-0.05, 0) is 39.5 Å². The molecule has 2 aromatic carbocycles. The third-order valence-electron chi connectivity index (χ3n) is 6.74. The Labute approximate surface area is 223 Å². The Balaban J connectivity index is 1.81. The van der Waals surface area contributed by atoms with E-state index in [0.717, 1.165) is 5.56 Å². The van der Waals surface area contributed by atoms with Gasteiger partial charge in [-0.2, -0.15) is 4.98 Å². The lowest BCUT2D eigenvalue weighted by atomic mass is 10.1. The van der Waals surface area contributed by atoms with Crippen molar-refractivity contribution in [2.45, 2.75) is 81.7 Å². The van der Waals surface area contributed by atoms with Crippen LogP contribution >= 0.6 is 11.8 Å². The normalized spacial score (nSPS) is 15.1. The van der Waals surface area contributed by atoms with Crippen LogP contribution in [0.1, 0.15) is 58.8 Å². The third kappa shape index (κ3) is 7.55. The topological polar surface area (TPSA) is 90.5 Å². The van der Waals surface area contributed by atoms with Crippen LogP contribution in [0.5, 0.6) is 5.88 Å². The van der Waals surface area contributed by atoms with Crippen LogP contribution in [0.3, 0.4) is 0 Å². The van der Waals surface area contributed by atoms with Gasteiger partial charge < -0.3 is 19.7 Å². The maximum atomic E-state index is 11.0. The second kappa shape index (κ2) is 11.6. The van der Waals surface area contributed by atoms with Crippen LogP contribution in [-0.4, -0.2) is 39.8 Å². The number of benzene rings is 2. The molecule has 0 spiro atoms. The fraction of sp³-hybridized carbons (Fsp3) is 0.481. The van der Waals surface area contributed by atoms with Crippen LogP contribution in [-0.2, 0) is 14.6 Å². The lowest BCUT2D eigenvalue weighted by Gasteiger charge is -2.33. The molecule has 0 radical (unpaired) electrons. The van der Waals surface area contributed by atoms with E-state index in [1.165, 1.54) is 22.5 Å². The van der Waals surface area contributed by atoms with Crippen molar-refractivity contribution in [1.29, 1.82) is 0 Å². The number of fused-ring (bicyclic) bond motifs is 1. The van der Waals surface area contributed by atoms with Gasteiger partial charge in [-0.3, -0.25) is 0 Å². The van der Waals surface area contributed by atoms with E-state index in [9.17, 15) is 5.11 Å². The molecule has 3 atom stereocenters. The molecule has 0 fully saturated rings. The van der Waals surface area contributed by atoms with Crippen LogP contribution in [0.15, 0.2) is 47.6 Å². The minimum Gasteiger partial charge on any atom is -0.493 e. The third-order valence-corrected chi connectivity index (χ3v) is 14.0. The number of nitrogen functional groups attached to an aromatic ring is 1. The Kier molecular flexibility index (Phi) is 9.27. The highest BCUT2D eigenvalue weighted by molar-refractivity contribution is 7.98. The van der Waals surface area contributed by atoms with Gasteiger partial charge in [0.1, 0.15) is 11.9 Å². The standard InChI is InChI=1S/C27H41N3O3SSi2/c1-26(2,3)35(7)32-16-21(33-36(8)27(4,5)6)22-23(28)29-25(30-24(22)31)34-17-18-13-14-19-11-9-10-12-20(19)15-18/h9-15,21,35-36H,16-17H2,1-8H3,(H3,28,29,30,31). The van der Waals surface area contributed by atoms with Gasteiger partial charge >= 0.3 is 0 Å². The summed E-state index contributed by atoms with van der Waals surface area (Å²) >= 11 is 1.45. The molecule has 3 rings (SSSR count). The molecular weight excluding hydrogens is 503 g/mol. The summed E-state index contributed by atoms with van der Waals surface area (Å²) in [6.07, 6.45) is -0.497. The highest BCUT2D eigenvalue weighted by Gasteiger charge is 2.32. The summed E-state index contributed by atoms with van der Waals surface area (Å²) in [6, 6.07) is 14.7. The maximum absolute atomic E-state index is 11.0. The summed E-state index contributed by atoms with van der Waals surface area (Å²) in [4.78, 5) is 8.93. The molecule has 36 heavy (non-hydrogen) atoms. The van der Waals surface area contributed by atoms with E-state index in [0.29, 0.717) is 23.1 Å². The first-order valence-electron chi connectivity index (χ1n) is 12.5. The molecule has 0 aliphatic carbocycles. The molecule has 0 amide bonds. The van der Waals surface area contributed by atoms with Crippen molar-refractivity contribution in [2.75, 3.05) is 12.3 Å². The molecule has 0 saturated heterocycles. The lowest BCUT2D eigenvalue weighted by Crippen LogP contribution is -2.33. The highest BCUT2D eigenvalue weighted by Crippen LogP contribution is 2.38. The number of hydrogen-bond donors (Lipinski definition) is 2.